The van der Waals surface area contributed by atoms with E-state index in [1.165, 1.54) is 0 Å². The summed E-state index contributed by atoms with van der Waals surface area (Å²) in [7, 11) is 0. The van der Waals surface area contributed by atoms with Crippen LogP contribution in [0.25, 0.3) is 0 Å². The molecule has 0 spiro atoms. The highest BCUT2D eigenvalue weighted by Gasteiger charge is 2.24. The van der Waals surface area contributed by atoms with Gasteiger partial charge in [0.2, 0.25) is 5.91 Å². The molecule has 0 saturated carbocycles. The van der Waals surface area contributed by atoms with Crippen LogP contribution in [0.2, 0.25) is 5.02 Å². The Kier molecular flexibility index (Phi) is 4.00. The van der Waals surface area contributed by atoms with Crippen LogP contribution < -0.4 is 5.32 Å². The monoisotopic (exact) mass is 383 g/mol. The van der Waals surface area contributed by atoms with Crippen molar-refractivity contribution in [3.8, 4) is 0 Å². The van der Waals surface area contributed by atoms with Crippen LogP contribution in [-0.2, 0) is 11.2 Å². The highest BCUT2D eigenvalue weighted by Crippen LogP contribution is 2.41. The minimum Gasteiger partial charge on any atom is -0.325 e. The Bertz CT molecular complexity index is 745. The Balaban J connectivity index is 2.06. The highest BCUT2D eigenvalue weighted by molar-refractivity contribution is 9.10. The number of fused-ring (bicyclic) bond motifs is 1. The standard InChI is InChI=1S/C16H12BrCl2NO/c1-8-3-2-4-10(15(8)17)16(19)11-5-9-6-14(21)20-13(9)7-12(11)18/h2-5,7,16H,6H2,1H3,(H,20,21). The van der Waals surface area contributed by atoms with Crippen LogP contribution in [0.3, 0.4) is 0 Å². The molecule has 0 fully saturated rings. The molecule has 5 heteroatoms. The molecule has 1 N–H and O–H groups in total. The van der Waals surface area contributed by atoms with Crippen LogP contribution in [0.5, 0.6) is 0 Å². The van der Waals surface area contributed by atoms with Crippen molar-refractivity contribution in [2.75, 3.05) is 5.32 Å². The first-order chi connectivity index (χ1) is 9.97. The summed E-state index contributed by atoms with van der Waals surface area (Å²) in [6.45, 7) is 2.02. The Labute approximate surface area is 141 Å². The second kappa shape index (κ2) is 5.64. The van der Waals surface area contributed by atoms with Crippen molar-refractivity contribution in [2.45, 2.75) is 18.7 Å². The van der Waals surface area contributed by atoms with Crippen molar-refractivity contribution < 1.29 is 4.79 Å². The molecular formula is C16H12BrCl2NO. The van der Waals surface area contributed by atoms with Crippen LogP contribution in [0.1, 0.15) is 27.6 Å². The zero-order chi connectivity index (χ0) is 15.1. The third kappa shape index (κ3) is 2.70. The van der Waals surface area contributed by atoms with Gasteiger partial charge in [0, 0.05) is 15.2 Å². The van der Waals surface area contributed by atoms with Gasteiger partial charge in [-0.1, -0.05) is 45.7 Å². The largest absolute Gasteiger partial charge is 0.325 e. The minimum atomic E-state index is -0.368. The lowest BCUT2D eigenvalue weighted by atomic mass is 9.99. The molecule has 2 aromatic carbocycles. The molecule has 1 amide bonds. The highest BCUT2D eigenvalue weighted by atomic mass is 79.9. The first-order valence-corrected chi connectivity index (χ1v) is 8.09. The fourth-order valence-electron chi connectivity index (χ4n) is 2.49. The quantitative estimate of drug-likeness (QED) is 0.705. The smallest absolute Gasteiger partial charge is 0.228 e. The van der Waals surface area contributed by atoms with Gasteiger partial charge in [0.15, 0.2) is 0 Å². The van der Waals surface area contributed by atoms with Crippen molar-refractivity contribution in [2.24, 2.45) is 0 Å². The molecule has 0 aliphatic carbocycles. The summed E-state index contributed by atoms with van der Waals surface area (Å²) < 4.78 is 0.982. The molecule has 1 atom stereocenters. The van der Waals surface area contributed by atoms with Gasteiger partial charge in [-0.25, -0.2) is 0 Å². The second-order valence-electron chi connectivity index (χ2n) is 5.10. The van der Waals surface area contributed by atoms with E-state index >= 15 is 0 Å². The minimum absolute atomic E-state index is 0.0129. The molecule has 1 aliphatic rings. The molecule has 0 radical (unpaired) electrons. The van der Waals surface area contributed by atoms with E-state index in [4.69, 9.17) is 23.2 Å². The first-order valence-electron chi connectivity index (χ1n) is 6.48. The number of hydrogen-bond acceptors (Lipinski definition) is 1. The lowest BCUT2D eigenvalue weighted by Gasteiger charge is -2.16. The number of hydrogen-bond donors (Lipinski definition) is 1. The Morgan fingerprint density at radius 2 is 2.05 bits per heavy atom. The maximum absolute atomic E-state index is 11.5. The average Bonchev–Trinajstić information content (AvgIpc) is 2.79. The third-order valence-corrected chi connectivity index (χ3v) is 5.50. The molecule has 1 heterocycles. The summed E-state index contributed by atoms with van der Waals surface area (Å²) in [5, 5.41) is 2.98. The molecule has 2 aromatic rings. The van der Waals surface area contributed by atoms with E-state index in [9.17, 15) is 4.79 Å². The maximum atomic E-state index is 11.5. The van der Waals surface area contributed by atoms with Gasteiger partial charge in [-0.2, -0.15) is 0 Å². The number of anilines is 1. The number of rotatable bonds is 2. The van der Waals surface area contributed by atoms with Gasteiger partial charge in [0.1, 0.15) is 0 Å². The van der Waals surface area contributed by atoms with Crippen LogP contribution in [0.15, 0.2) is 34.8 Å². The first kappa shape index (κ1) is 14.9. The Hall–Kier alpha value is -1.03. The van der Waals surface area contributed by atoms with Gasteiger partial charge in [-0.3, -0.25) is 4.79 Å². The lowest BCUT2D eigenvalue weighted by molar-refractivity contribution is -0.115. The molecular weight excluding hydrogens is 373 g/mol. The van der Waals surface area contributed by atoms with E-state index in [1.807, 2.05) is 31.2 Å². The topological polar surface area (TPSA) is 29.1 Å². The van der Waals surface area contributed by atoms with Gasteiger partial charge in [-0.05, 0) is 41.3 Å². The molecule has 3 rings (SSSR count). The summed E-state index contributed by atoms with van der Waals surface area (Å²) in [4.78, 5) is 11.5. The second-order valence-corrected chi connectivity index (χ2v) is 6.73. The van der Waals surface area contributed by atoms with Gasteiger partial charge in [-0.15, -0.1) is 11.6 Å². The number of carbonyl (C=O) groups excluding carboxylic acids is 1. The number of alkyl halides is 1. The number of nitrogens with one attached hydrogen (secondary N) is 1. The summed E-state index contributed by atoms with van der Waals surface area (Å²) >= 11 is 16.6. The summed E-state index contributed by atoms with van der Waals surface area (Å²) in [6, 6.07) is 9.65. The summed E-state index contributed by atoms with van der Waals surface area (Å²) in [5.74, 6) is -0.0129. The van der Waals surface area contributed by atoms with Crippen LogP contribution in [0, 0.1) is 6.92 Å². The van der Waals surface area contributed by atoms with Crippen molar-refractivity contribution in [3.05, 3.63) is 62.1 Å². The van der Waals surface area contributed by atoms with Crippen molar-refractivity contribution in [3.63, 3.8) is 0 Å². The lowest BCUT2D eigenvalue weighted by Crippen LogP contribution is -2.03. The van der Waals surface area contributed by atoms with Gasteiger partial charge in [0.05, 0.1) is 11.8 Å². The van der Waals surface area contributed by atoms with Gasteiger partial charge in [0.25, 0.3) is 0 Å². The predicted octanol–water partition coefficient (Wildman–Crippen LogP) is 5.23. The molecule has 0 aromatic heterocycles. The molecule has 1 aliphatic heterocycles. The van der Waals surface area contributed by atoms with E-state index in [1.54, 1.807) is 6.07 Å². The molecule has 1 unspecified atom stereocenters. The molecule has 21 heavy (non-hydrogen) atoms. The predicted molar refractivity (Wildman–Crippen MR) is 90.4 cm³/mol. The maximum Gasteiger partial charge on any atom is 0.228 e. The van der Waals surface area contributed by atoms with Crippen LogP contribution >= 0.6 is 39.1 Å². The fourth-order valence-corrected chi connectivity index (χ4v) is 3.81. The Morgan fingerprint density at radius 3 is 2.81 bits per heavy atom. The third-order valence-electron chi connectivity index (χ3n) is 3.62. The summed E-state index contributed by atoms with van der Waals surface area (Å²) in [5.41, 5.74) is 4.62. The molecule has 0 saturated heterocycles. The molecule has 108 valence electrons. The number of carbonyl (C=O) groups is 1. The molecule has 2 nitrogen and oxygen atoms in total. The number of aryl methyl sites for hydroxylation is 1. The van der Waals surface area contributed by atoms with Crippen LogP contribution in [0.4, 0.5) is 5.69 Å². The fraction of sp³-hybridized carbons (Fsp3) is 0.188. The zero-order valence-corrected chi connectivity index (χ0v) is 14.3. The van der Waals surface area contributed by atoms with E-state index < -0.39 is 0 Å². The van der Waals surface area contributed by atoms with E-state index in [0.717, 1.165) is 32.4 Å². The van der Waals surface area contributed by atoms with Crippen molar-refractivity contribution in [1.82, 2.24) is 0 Å². The normalized spacial score (nSPS) is 14.8. The van der Waals surface area contributed by atoms with Gasteiger partial charge < -0.3 is 5.32 Å². The SMILES string of the molecule is Cc1cccc(C(Cl)c2cc3c(cc2Cl)NC(=O)C3)c1Br. The van der Waals surface area contributed by atoms with E-state index in [2.05, 4.69) is 21.2 Å². The van der Waals surface area contributed by atoms with Crippen LogP contribution in [-0.4, -0.2) is 5.91 Å². The van der Waals surface area contributed by atoms with Gasteiger partial charge >= 0.3 is 0 Å². The molecule has 0 bridgehead atoms. The average molecular weight is 385 g/mol. The van der Waals surface area contributed by atoms with E-state index in [0.29, 0.717) is 11.4 Å². The number of halogens is 3. The Morgan fingerprint density at radius 1 is 1.29 bits per heavy atom. The van der Waals surface area contributed by atoms with E-state index in [-0.39, 0.29) is 11.3 Å². The van der Waals surface area contributed by atoms with Crippen molar-refractivity contribution in [1.29, 1.82) is 0 Å². The zero-order valence-electron chi connectivity index (χ0n) is 11.2. The number of benzene rings is 2. The number of amides is 1. The van der Waals surface area contributed by atoms with Crippen molar-refractivity contribution >= 4 is 50.7 Å². The summed E-state index contributed by atoms with van der Waals surface area (Å²) in [6.07, 6.45) is 0.373.